The van der Waals surface area contributed by atoms with Crippen LogP contribution in [0.15, 0.2) is 18.2 Å². The molecule has 0 bridgehead atoms. The van der Waals surface area contributed by atoms with E-state index in [-0.39, 0.29) is 5.78 Å². The van der Waals surface area contributed by atoms with Gasteiger partial charge >= 0.3 is 0 Å². The SMILES string of the molecule is COc1cccc2c1CCC[C@@]2(O)C(C)=O. The van der Waals surface area contributed by atoms with Crippen LogP contribution in [-0.2, 0) is 16.8 Å². The van der Waals surface area contributed by atoms with E-state index in [1.54, 1.807) is 7.11 Å². The molecule has 3 nitrogen and oxygen atoms in total. The van der Waals surface area contributed by atoms with Crippen LogP contribution in [0.4, 0.5) is 0 Å². The van der Waals surface area contributed by atoms with Crippen molar-refractivity contribution in [3.8, 4) is 5.75 Å². The quantitative estimate of drug-likeness (QED) is 0.826. The fourth-order valence-corrected chi connectivity index (χ4v) is 2.42. The molecule has 86 valence electrons. The van der Waals surface area contributed by atoms with Crippen molar-refractivity contribution in [2.24, 2.45) is 0 Å². The summed E-state index contributed by atoms with van der Waals surface area (Å²) in [6.45, 7) is 1.44. The molecule has 0 aliphatic heterocycles. The van der Waals surface area contributed by atoms with Gasteiger partial charge in [0.25, 0.3) is 0 Å². The lowest BCUT2D eigenvalue weighted by Gasteiger charge is -2.32. The number of benzene rings is 1. The first-order chi connectivity index (χ1) is 7.59. The molecule has 0 unspecified atom stereocenters. The van der Waals surface area contributed by atoms with Gasteiger partial charge in [-0.25, -0.2) is 0 Å². The minimum atomic E-state index is -1.32. The molecule has 1 aliphatic carbocycles. The number of hydrogen-bond acceptors (Lipinski definition) is 3. The molecule has 0 radical (unpaired) electrons. The average molecular weight is 220 g/mol. The standard InChI is InChI=1S/C13H16O3/c1-9(14)13(15)8-4-5-10-11(13)6-3-7-12(10)16-2/h3,6-7,15H,4-5,8H2,1-2H3/t13-/m1/s1. The molecule has 0 heterocycles. The molecule has 3 heteroatoms. The Morgan fingerprint density at radius 3 is 2.88 bits per heavy atom. The summed E-state index contributed by atoms with van der Waals surface area (Å²) >= 11 is 0. The van der Waals surface area contributed by atoms with Gasteiger partial charge in [-0.3, -0.25) is 4.79 Å². The van der Waals surface area contributed by atoms with Crippen LogP contribution in [0.3, 0.4) is 0 Å². The molecular weight excluding hydrogens is 204 g/mol. The lowest BCUT2D eigenvalue weighted by molar-refractivity contribution is -0.137. The van der Waals surface area contributed by atoms with Gasteiger partial charge in [-0.05, 0) is 37.8 Å². The highest BCUT2D eigenvalue weighted by molar-refractivity contribution is 5.87. The first kappa shape index (κ1) is 11.1. The monoisotopic (exact) mass is 220 g/mol. The summed E-state index contributed by atoms with van der Waals surface area (Å²) in [6, 6.07) is 5.50. The summed E-state index contributed by atoms with van der Waals surface area (Å²) < 4.78 is 5.26. The van der Waals surface area contributed by atoms with Crippen molar-refractivity contribution >= 4 is 5.78 Å². The molecule has 1 N–H and O–H groups in total. The fraction of sp³-hybridized carbons (Fsp3) is 0.462. The second-order valence-electron chi connectivity index (χ2n) is 4.26. The molecule has 0 spiro atoms. The van der Waals surface area contributed by atoms with Gasteiger partial charge in [0.2, 0.25) is 0 Å². The Morgan fingerprint density at radius 1 is 1.50 bits per heavy atom. The van der Waals surface area contributed by atoms with Crippen LogP contribution in [0, 0.1) is 0 Å². The second-order valence-corrected chi connectivity index (χ2v) is 4.26. The molecule has 1 aromatic carbocycles. The molecule has 0 fully saturated rings. The molecular formula is C13H16O3. The smallest absolute Gasteiger partial charge is 0.165 e. The number of ketones is 1. The van der Waals surface area contributed by atoms with Gasteiger partial charge in [0.15, 0.2) is 5.78 Å². The van der Waals surface area contributed by atoms with E-state index in [0.29, 0.717) is 12.0 Å². The Balaban J connectivity index is 2.59. The van der Waals surface area contributed by atoms with E-state index in [4.69, 9.17) is 4.74 Å². The van der Waals surface area contributed by atoms with Crippen LogP contribution in [0.25, 0.3) is 0 Å². The Labute approximate surface area is 95.0 Å². The number of ether oxygens (including phenoxy) is 1. The first-order valence-electron chi connectivity index (χ1n) is 5.49. The van der Waals surface area contributed by atoms with Crippen LogP contribution >= 0.6 is 0 Å². The van der Waals surface area contributed by atoms with E-state index >= 15 is 0 Å². The van der Waals surface area contributed by atoms with Crippen LogP contribution in [0.5, 0.6) is 5.75 Å². The topological polar surface area (TPSA) is 46.5 Å². The highest BCUT2D eigenvalue weighted by Gasteiger charge is 2.39. The Hall–Kier alpha value is -1.35. The van der Waals surface area contributed by atoms with E-state index < -0.39 is 5.60 Å². The number of rotatable bonds is 2. The van der Waals surface area contributed by atoms with Crippen LogP contribution in [-0.4, -0.2) is 18.0 Å². The maximum absolute atomic E-state index is 11.6. The third kappa shape index (κ3) is 1.52. The van der Waals surface area contributed by atoms with E-state index in [2.05, 4.69) is 0 Å². The molecule has 1 aliphatic rings. The van der Waals surface area contributed by atoms with Crippen molar-refractivity contribution < 1.29 is 14.6 Å². The van der Waals surface area contributed by atoms with Gasteiger partial charge in [0.1, 0.15) is 11.4 Å². The molecule has 0 saturated carbocycles. The predicted molar refractivity (Wildman–Crippen MR) is 60.5 cm³/mol. The number of carbonyl (C=O) groups is 1. The number of hydrogen-bond donors (Lipinski definition) is 1. The Bertz CT molecular complexity index is 425. The lowest BCUT2D eigenvalue weighted by atomic mass is 9.77. The van der Waals surface area contributed by atoms with Gasteiger partial charge in [0, 0.05) is 5.56 Å². The Kier molecular flexibility index (Phi) is 2.72. The van der Waals surface area contributed by atoms with Gasteiger partial charge in [-0.1, -0.05) is 12.1 Å². The summed E-state index contributed by atoms with van der Waals surface area (Å²) in [5.74, 6) is 0.568. The van der Waals surface area contributed by atoms with Gasteiger partial charge in [-0.15, -0.1) is 0 Å². The highest BCUT2D eigenvalue weighted by atomic mass is 16.5. The molecule has 0 saturated heterocycles. The first-order valence-corrected chi connectivity index (χ1v) is 5.49. The Morgan fingerprint density at radius 2 is 2.25 bits per heavy atom. The molecule has 0 amide bonds. The molecule has 1 aromatic rings. The largest absolute Gasteiger partial charge is 0.496 e. The summed E-state index contributed by atoms with van der Waals surface area (Å²) in [4.78, 5) is 11.6. The average Bonchev–Trinajstić information content (AvgIpc) is 2.28. The van der Waals surface area contributed by atoms with Crippen molar-refractivity contribution in [1.82, 2.24) is 0 Å². The van der Waals surface area contributed by atoms with Crippen LogP contribution in [0.2, 0.25) is 0 Å². The zero-order valence-electron chi connectivity index (χ0n) is 9.62. The maximum Gasteiger partial charge on any atom is 0.165 e. The minimum absolute atomic E-state index is 0.193. The zero-order chi connectivity index (χ0) is 11.8. The fourth-order valence-electron chi connectivity index (χ4n) is 2.42. The summed E-state index contributed by atoms with van der Waals surface area (Å²) in [5, 5.41) is 10.4. The van der Waals surface area contributed by atoms with Gasteiger partial charge in [-0.2, -0.15) is 0 Å². The van der Waals surface area contributed by atoms with Crippen molar-refractivity contribution in [2.45, 2.75) is 31.8 Å². The van der Waals surface area contributed by atoms with E-state index in [0.717, 1.165) is 24.2 Å². The summed E-state index contributed by atoms with van der Waals surface area (Å²) in [5.41, 5.74) is 0.363. The van der Waals surface area contributed by atoms with Crippen LogP contribution in [0.1, 0.15) is 30.9 Å². The normalized spacial score (nSPS) is 23.7. The number of Topliss-reactive ketones (excluding diaryl/α,β-unsaturated/α-hetero) is 1. The summed E-state index contributed by atoms with van der Waals surface area (Å²) in [7, 11) is 1.61. The van der Waals surface area contributed by atoms with Crippen molar-refractivity contribution in [3.63, 3.8) is 0 Å². The third-order valence-electron chi connectivity index (χ3n) is 3.35. The molecule has 2 rings (SSSR count). The van der Waals surface area contributed by atoms with E-state index in [9.17, 15) is 9.90 Å². The number of methoxy groups -OCH3 is 1. The maximum atomic E-state index is 11.6. The number of carbonyl (C=O) groups excluding carboxylic acids is 1. The predicted octanol–water partition coefficient (Wildman–Crippen LogP) is 1.81. The molecule has 1 atom stereocenters. The second kappa shape index (κ2) is 3.91. The van der Waals surface area contributed by atoms with E-state index in [1.807, 2.05) is 18.2 Å². The number of aliphatic hydroxyl groups is 1. The van der Waals surface area contributed by atoms with Crippen molar-refractivity contribution in [3.05, 3.63) is 29.3 Å². The van der Waals surface area contributed by atoms with Crippen LogP contribution < -0.4 is 4.74 Å². The lowest BCUT2D eigenvalue weighted by Crippen LogP contribution is -2.37. The van der Waals surface area contributed by atoms with Crippen molar-refractivity contribution in [2.75, 3.05) is 7.11 Å². The molecule has 0 aromatic heterocycles. The van der Waals surface area contributed by atoms with E-state index in [1.165, 1.54) is 6.92 Å². The highest BCUT2D eigenvalue weighted by Crippen LogP contribution is 2.39. The zero-order valence-corrected chi connectivity index (χ0v) is 9.62. The summed E-state index contributed by atoms with van der Waals surface area (Å²) in [6.07, 6.45) is 2.17. The van der Waals surface area contributed by atoms with Crippen molar-refractivity contribution in [1.29, 1.82) is 0 Å². The molecule has 16 heavy (non-hydrogen) atoms. The number of fused-ring (bicyclic) bond motifs is 1. The minimum Gasteiger partial charge on any atom is -0.496 e. The third-order valence-corrected chi connectivity index (χ3v) is 3.35. The van der Waals surface area contributed by atoms with Gasteiger partial charge < -0.3 is 9.84 Å². The van der Waals surface area contributed by atoms with Gasteiger partial charge in [0.05, 0.1) is 7.11 Å².